The van der Waals surface area contributed by atoms with Crippen LogP contribution < -0.4 is 5.73 Å². The number of likely N-dealkylation sites (N-methyl/N-ethyl adjacent to an activating group) is 1. The Kier molecular flexibility index (Phi) is 4.35. The average Bonchev–Trinajstić information content (AvgIpc) is 2.24. The molecule has 0 heterocycles. The summed E-state index contributed by atoms with van der Waals surface area (Å²) >= 11 is 0. The minimum atomic E-state index is -0.914. The van der Waals surface area contributed by atoms with Crippen LogP contribution in [0.15, 0.2) is 18.2 Å². The smallest absolute Gasteiger partial charge is 0.256 e. The SMILES string of the molecule is CCN(CC(C)(C)O)C(=O)c1c(C)cccc1N. The Morgan fingerprint density at radius 1 is 1.44 bits per heavy atom. The van der Waals surface area contributed by atoms with Crippen molar-refractivity contribution in [3.05, 3.63) is 29.3 Å². The fourth-order valence-corrected chi connectivity index (χ4v) is 1.94. The molecule has 0 saturated heterocycles. The summed E-state index contributed by atoms with van der Waals surface area (Å²) in [5.74, 6) is -0.129. The maximum Gasteiger partial charge on any atom is 0.256 e. The molecule has 4 heteroatoms. The largest absolute Gasteiger partial charge is 0.398 e. The highest BCUT2D eigenvalue weighted by Gasteiger charge is 2.24. The molecule has 0 fully saturated rings. The molecule has 1 aromatic rings. The van der Waals surface area contributed by atoms with Gasteiger partial charge in [-0.1, -0.05) is 12.1 Å². The highest BCUT2D eigenvalue weighted by molar-refractivity contribution is 6.00. The summed E-state index contributed by atoms with van der Waals surface area (Å²) < 4.78 is 0. The van der Waals surface area contributed by atoms with Crippen LogP contribution in [0, 0.1) is 6.92 Å². The second kappa shape index (κ2) is 5.40. The fourth-order valence-electron chi connectivity index (χ4n) is 1.94. The first kappa shape index (κ1) is 14.5. The Hall–Kier alpha value is -1.55. The normalized spacial score (nSPS) is 11.4. The molecule has 1 rings (SSSR count). The number of aryl methyl sites for hydroxylation is 1. The number of anilines is 1. The van der Waals surface area contributed by atoms with Gasteiger partial charge in [-0.25, -0.2) is 0 Å². The zero-order valence-corrected chi connectivity index (χ0v) is 11.5. The molecule has 1 amide bonds. The lowest BCUT2D eigenvalue weighted by Crippen LogP contribution is -2.42. The van der Waals surface area contributed by atoms with E-state index in [2.05, 4.69) is 0 Å². The van der Waals surface area contributed by atoms with E-state index >= 15 is 0 Å². The third kappa shape index (κ3) is 3.47. The van der Waals surface area contributed by atoms with Crippen LogP contribution in [-0.4, -0.2) is 34.6 Å². The zero-order chi connectivity index (χ0) is 13.9. The molecular weight excluding hydrogens is 228 g/mol. The minimum Gasteiger partial charge on any atom is -0.398 e. The number of rotatable bonds is 4. The van der Waals surface area contributed by atoms with Crippen LogP contribution in [-0.2, 0) is 0 Å². The van der Waals surface area contributed by atoms with Gasteiger partial charge >= 0.3 is 0 Å². The molecule has 0 spiro atoms. The van der Waals surface area contributed by atoms with E-state index in [1.165, 1.54) is 0 Å². The highest BCUT2D eigenvalue weighted by atomic mass is 16.3. The molecule has 18 heavy (non-hydrogen) atoms. The van der Waals surface area contributed by atoms with E-state index in [9.17, 15) is 9.90 Å². The summed E-state index contributed by atoms with van der Waals surface area (Å²) in [5.41, 5.74) is 6.82. The monoisotopic (exact) mass is 250 g/mol. The van der Waals surface area contributed by atoms with E-state index in [0.717, 1.165) is 5.56 Å². The molecule has 0 saturated carbocycles. The van der Waals surface area contributed by atoms with Gasteiger partial charge in [-0.3, -0.25) is 4.79 Å². The molecule has 0 aromatic heterocycles. The molecule has 0 aliphatic rings. The van der Waals surface area contributed by atoms with Crippen molar-refractivity contribution >= 4 is 11.6 Å². The fraction of sp³-hybridized carbons (Fsp3) is 0.500. The summed E-state index contributed by atoms with van der Waals surface area (Å²) in [7, 11) is 0. The van der Waals surface area contributed by atoms with Gasteiger partial charge in [0.05, 0.1) is 11.2 Å². The Bertz CT molecular complexity index is 416. The number of amides is 1. The molecule has 4 nitrogen and oxygen atoms in total. The minimum absolute atomic E-state index is 0.129. The first-order valence-corrected chi connectivity index (χ1v) is 6.13. The van der Waals surface area contributed by atoms with Gasteiger partial charge in [0.2, 0.25) is 0 Å². The van der Waals surface area contributed by atoms with E-state index in [1.54, 1.807) is 24.8 Å². The first-order chi connectivity index (χ1) is 8.26. The number of carbonyl (C=O) groups is 1. The Morgan fingerprint density at radius 2 is 2.06 bits per heavy atom. The van der Waals surface area contributed by atoms with Gasteiger partial charge in [0.1, 0.15) is 0 Å². The third-order valence-electron chi connectivity index (χ3n) is 2.77. The quantitative estimate of drug-likeness (QED) is 0.801. The van der Waals surface area contributed by atoms with E-state index in [0.29, 0.717) is 17.8 Å². The lowest BCUT2D eigenvalue weighted by Gasteiger charge is -2.29. The predicted molar refractivity (Wildman–Crippen MR) is 73.5 cm³/mol. The Morgan fingerprint density at radius 3 is 2.50 bits per heavy atom. The molecule has 0 radical (unpaired) electrons. The van der Waals surface area contributed by atoms with Crippen LogP contribution in [0.2, 0.25) is 0 Å². The molecule has 0 unspecified atom stereocenters. The second-order valence-corrected chi connectivity index (χ2v) is 5.17. The number of hydrogen-bond donors (Lipinski definition) is 2. The number of nitrogens with two attached hydrogens (primary N) is 1. The summed E-state index contributed by atoms with van der Waals surface area (Å²) in [4.78, 5) is 14.0. The van der Waals surface area contributed by atoms with Gasteiger partial charge in [-0.15, -0.1) is 0 Å². The molecule has 1 aromatic carbocycles. The van der Waals surface area contributed by atoms with Crippen LogP contribution in [0.1, 0.15) is 36.7 Å². The number of hydrogen-bond acceptors (Lipinski definition) is 3. The van der Waals surface area contributed by atoms with E-state index in [1.807, 2.05) is 26.0 Å². The number of carbonyl (C=O) groups excluding carboxylic acids is 1. The van der Waals surface area contributed by atoms with Crippen LogP contribution in [0.5, 0.6) is 0 Å². The van der Waals surface area contributed by atoms with Crippen LogP contribution in [0.25, 0.3) is 0 Å². The van der Waals surface area contributed by atoms with Gasteiger partial charge in [-0.05, 0) is 39.3 Å². The van der Waals surface area contributed by atoms with Crippen molar-refractivity contribution in [1.29, 1.82) is 0 Å². The topological polar surface area (TPSA) is 66.6 Å². The molecule has 0 bridgehead atoms. The van der Waals surface area contributed by atoms with Gasteiger partial charge in [0, 0.05) is 18.8 Å². The summed E-state index contributed by atoms with van der Waals surface area (Å²) in [6.45, 7) is 7.95. The molecule has 0 aliphatic heterocycles. The number of nitrogen functional groups attached to an aromatic ring is 1. The van der Waals surface area contributed by atoms with Crippen LogP contribution in [0.3, 0.4) is 0 Å². The first-order valence-electron chi connectivity index (χ1n) is 6.13. The van der Waals surface area contributed by atoms with Crippen molar-refractivity contribution < 1.29 is 9.90 Å². The van der Waals surface area contributed by atoms with Crippen LogP contribution in [0.4, 0.5) is 5.69 Å². The van der Waals surface area contributed by atoms with Crippen molar-refractivity contribution in [2.24, 2.45) is 0 Å². The number of benzene rings is 1. The molecule has 3 N–H and O–H groups in total. The van der Waals surface area contributed by atoms with Gasteiger partial charge in [0.15, 0.2) is 0 Å². The summed E-state index contributed by atoms with van der Waals surface area (Å²) in [6, 6.07) is 5.41. The van der Waals surface area contributed by atoms with Crippen molar-refractivity contribution in [3.63, 3.8) is 0 Å². The van der Waals surface area contributed by atoms with Crippen molar-refractivity contribution in [2.45, 2.75) is 33.3 Å². The number of aliphatic hydroxyl groups is 1. The van der Waals surface area contributed by atoms with Crippen molar-refractivity contribution in [1.82, 2.24) is 4.90 Å². The predicted octanol–water partition coefficient (Wildman–Crippen LogP) is 1.81. The number of nitrogens with zero attached hydrogens (tertiary/aromatic N) is 1. The second-order valence-electron chi connectivity index (χ2n) is 5.17. The van der Waals surface area contributed by atoms with Gasteiger partial charge in [-0.2, -0.15) is 0 Å². The third-order valence-corrected chi connectivity index (χ3v) is 2.77. The molecule has 100 valence electrons. The molecule has 0 atom stereocenters. The Labute approximate surface area is 108 Å². The lowest BCUT2D eigenvalue weighted by atomic mass is 10.0. The lowest BCUT2D eigenvalue weighted by molar-refractivity contribution is 0.0315. The van der Waals surface area contributed by atoms with Crippen LogP contribution >= 0.6 is 0 Å². The summed E-state index contributed by atoms with van der Waals surface area (Å²) in [5, 5.41) is 9.83. The van der Waals surface area contributed by atoms with E-state index in [4.69, 9.17) is 5.73 Å². The van der Waals surface area contributed by atoms with Gasteiger partial charge < -0.3 is 15.7 Å². The average molecular weight is 250 g/mol. The van der Waals surface area contributed by atoms with E-state index in [-0.39, 0.29) is 12.5 Å². The molecule has 0 aliphatic carbocycles. The summed E-state index contributed by atoms with van der Waals surface area (Å²) in [6.07, 6.45) is 0. The van der Waals surface area contributed by atoms with Crippen molar-refractivity contribution in [3.8, 4) is 0 Å². The maximum atomic E-state index is 12.4. The van der Waals surface area contributed by atoms with Crippen molar-refractivity contribution in [2.75, 3.05) is 18.8 Å². The standard InChI is InChI=1S/C14H22N2O2/c1-5-16(9-14(3,4)18)13(17)12-10(2)7-6-8-11(12)15/h6-8,18H,5,9,15H2,1-4H3. The maximum absolute atomic E-state index is 12.4. The highest BCUT2D eigenvalue weighted by Crippen LogP contribution is 2.19. The Balaban J connectivity index is 3.04. The van der Waals surface area contributed by atoms with E-state index < -0.39 is 5.60 Å². The zero-order valence-electron chi connectivity index (χ0n) is 11.5. The van der Waals surface area contributed by atoms with Gasteiger partial charge in [0.25, 0.3) is 5.91 Å². The molecular formula is C14H22N2O2.